The van der Waals surface area contributed by atoms with Gasteiger partial charge < -0.3 is 5.32 Å². The zero-order valence-electron chi connectivity index (χ0n) is 14.9. The molecule has 1 amide bonds. The molecule has 4 rings (SSSR count). The predicted molar refractivity (Wildman–Crippen MR) is 104 cm³/mol. The van der Waals surface area contributed by atoms with Crippen molar-refractivity contribution < 1.29 is 9.18 Å². The van der Waals surface area contributed by atoms with Gasteiger partial charge in [-0.2, -0.15) is 0 Å². The van der Waals surface area contributed by atoms with Gasteiger partial charge >= 0.3 is 0 Å². The van der Waals surface area contributed by atoms with Gasteiger partial charge in [0.15, 0.2) is 5.16 Å². The first-order valence-electron chi connectivity index (χ1n) is 8.81. The lowest BCUT2D eigenvalue weighted by Crippen LogP contribution is -2.07. The van der Waals surface area contributed by atoms with Crippen LogP contribution in [0, 0.1) is 5.82 Å². The Morgan fingerprint density at radius 3 is 2.78 bits per heavy atom. The third-order valence-electron chi connectivity index (χ3n) is 4.28. The smallest absolute Gasteiger partial charge is 0.221 e. The van der Waals surface area contributed by atoms with Gasteiger partial charge in [0, 0.05) is 24.3 Å². The van der Waals surface area contributed by atoms with Crippen LogP contribution in [0.2, 0.25) is 0 Å². The van der Waals surface area contributed by atoms with Crippen molar-refractivity contribution in [2.45, 2.75) is 36.6 Å². The molecule has 0 radical (unpaired) electrons. The van der Waals surface area contributed by atoms with Crippen LogP contribution in [0.25, 0.3) is 5.69 Å². The van der Waals surface area contributed by atoms with Crippen LogP contribution < -0.4 is 5.32 Å². The summed E-state index contributed by atoms with van der Waals surface area (Å²) < 4.78 is 15.5. The van der Waals surface area contributed by atoms with Gasteiger partial charge in [-0.15, -0.1) is 10.2 Å². The summed E-state index contributed by atoms with van der Waals surface area (Å²) in [4.78, 5) is 11.4. The first-order chi connectivity index (χ1) is 13.1. The summed E-state index contributed by atoms with van der Waals surface area (Å²) in [5.74, 6) is 1.61. The van der Waals surface area contributed by atoms with Crippen LogP contribution in [0.1, 0.15) is 37.1 Å². The van der Waals surface area contributed by atoms with Crippen LogP contribution in [0.4, 0.5) is 10.1 Å². The van der Waals surface area contributed by atoms with Crippen LogP contribution in [0.3, 0.4) is 0 Å². The molecular formula is C20H19FN4OS. The standard InChI is InChI=1S/C20H19FN4OS/c1-13(26)22-17-6-3-7-18(11-17)25-19(15-8-9-15)23-24-20(25)27-12-14-4-2-5-16(21)10-14/h2-7,10-11,15H,8-9,12H2,1H3,(H,22,26). The monoisotopic (exact) mass is 382 g/mol. The Hall–Kier alpha value is -2.67. The summed E-state index contributed by atoms with van der Waals surface area (Å²) in [6.45, 7) is 1.49. The number of benzene rings is 2. The van der Waals surface area contributed by atoms with Crippen LogP contribution in [-0.2, 0) is 10.5 Å². The molecule has 3 aromatic rings. The number of amides is 1. The van der Waals surface area contributed by atoms with Gasteiger partial charge in [-0.1, -0.05) is 30.0 Å². The van der Waals surface area contributed by atoms with Gasteiger partial charge in [0.05, 0.1) is 5.69 Å². The number of carbonyl (C=O) groups is 1. The molecule has 1 N–H and O–H groups in total. The highest BCUT2D eigenvalue weighted by Crippen LogP contribution is 2.41. The molecule has 0 saturated heterocycles. The Morgan fingerprint density at radius 1 is 1.22 bits per heavy atom. The number of anilines is 1. The zero-order chi connectivity index (χ0) is 18.8. The number of nitrogens with zero attached hydrogens (tertiary/aromatic N) is 3. The average molecular weight is 382 g/mol. The third kappa shape index (κ3) is 4.19. The molecule has 5 nitrogen and oxygen atoms in total. The Bertz CT molecular complexity index is 984. The van der Waals surface area contributed by atoms with E-state index in [-0.39, 0.29) is 11.7 Å². The van der Waals surface area contributed by atoms with E-state index in [2.05, 4.69) is 15.5 Å². The zero-order valence-corrected chi connectivity index (χ0v) is 15.7. The molecule has 1 aromatic heterocycles. The van der Waals surface area contributed by atoms with Crippen LogP contribution in [0.5, 0.6) is 0 Å². The van der Waals surface area contributed by atoms with Gasteiger partial charge in [-0.05, 0) is 48.7 Å². The molecular weight excluding hydrogens is 363 g/mol. The van der Waals surface area contributed by atoms with Gasteiger partial charge in [0.25, 0.3) is 0 Å². The number of thioether (sulfide) groups is 1. The van der Waals surface area contributed by atoms with Crippen molar-refractivity contribution in [3.05, 3.63) is 65.7 Å². The Kier molecular flexibility index (Phi) is 4.94. The molecule has 0 unspecified atom stereocenters. The highest BCUT2D eigenvalue weighted by molar-refractivity contribution is 7.98. The van der Waals surface area contributed by atoms with Gasteiger partial charge in [-0.3, -0.25) is 9.36 Å². The molecule has 0 spiro atoms. The lowest BCUT2D eigenvalue weighted by Gasteiger charge is -2.12. The van der Waals surface area contributed by atoms with Crippen LogP contribution >= 0.6 is 11.8 Å². The molecule has 0 aliphatic heterocycles. The number of halogens is 1. The minimum absolute atomic E-state index is 0.112. The summed E-state index contributed by atoms with van der Waals surface area (Å²) in [7, 11) is 0. The second kappa shape index (κ2) is 7.52. The van der Waals surface area contributed by atoms with Gasteiger partial charge in [0.1, 0.15) is 11.6 Å². The van der Waals surface area contributed by atoms with E-state index >= 15 is 0 Å². The molecule has 1 saturated carbocycles. The van der Waals surface area contributed by atoms with E-state index in [4.69, 9.17) is 0 Å². The summed E-state index contributed by atoms with van der Waals surface area (Å²) in [5.41, 5.74) is 2.54. The SMILES string of the molecule is CC(=O)Nc1cccc(-n2c(SCc3cccc(F)c3)nnc2C2CC2)c1. The summed E-state index contributed by atoms with van der Waals surface area (Å²) >= 11 is 1.52. The van der Waals surface area contributed by atoms with Crippen molar-refractivity contribution in [1.82, 2.24) is 14.8 Å². The molecule has 1 aliphatic rings. The first-order valence-corrected chi connectivity index (χ1v) is 9.79. The lowest BCUT2D eigenvalue weighted by molar-refractivity contribution is -0.114. The number of rotatable bonds is 6. The maximum Gasteiger partial charge on any atom is 0.221 e. The number of nitrogens with one attached hydrogen (secondary N) is 1. The topological polar surface area (TPSA) is 59.8 Å². The summed E-state index contributed by atoms with van der Waals surface area (Å²) in [5, 5.41) is 12.4. The highest BCUT2D eigenvalue weighted by atomic mass is 32.2. The molecule has 0 atom stereocenters. The van der Waals surface area contributed by atoms with Crippen molar-refractivity contribution in [3.8, 4) is 5.69 Å². The van der Waals surface area contributed by atoms with E-state index in [0.29, 0.717) is 11.7 Å². The van der Waals surface area contributed by atoms with E-state index in [1.54, 1.807) is 6.07 Å². The van der Waals surface area contributed by atoms with Gasteiger partial charge in [-0.25, -0.2) is 4.39 Å². The second-order valence-corrected chi connectivity index (χ2v) is 7.54. The number of aromatic nitrogens is 3. The average Bonchev–Trinajstić information content (AvgIpc) is 3.39. The molecule has 27 heavy (non-hydrogen) atoms. The summed E-state index contributed by atoms with van der Waals surface area (Å²) in [6, 6.07) is 14.2. The van der Waals surface area contributed by atoms with E-state index in [1.165, 1.54) is 30.8 Å². The first kappa shape index (κ1) is 17.7. The maximum atomic E-state index is 13.4. The van der Waals surface area contributed by atoms with E-state index in [0.717, 1.165) is 40.8 Å². The fourth-order valence-electron chi connectivity index (χ4n) is 2.92. The molecule has 7 heteroatoms. The Labute approximate surface area is 161 Å². The highest BCUT2D eigenvalue weighted by Gasteiger charge is 2.31. The molecule has 2 aromatic carbocycles. The Morgan fingerprint density at radius 2 is 2.04 bits per heavy atom. The normalized spacial score (nSPS) is 13.6. The molecule has 0 bridgehead atoms. The quantitative estimate of drug-likeness (QED) is 0.636. The van der Waals surface area contributed by atoms with E-state index < -0.39 is 0 Å². The molecule has 1 heterocycles. The van der Waals surface area contributed by atoms with Crippen LogP contribution in [-0.4, -0.2) is 20.7 Å². The van der Waals surface area contributed by atoms with E-state index in [1.807, 2.05) is 34.9 Å². The fourth-order valence-corrected chi connectivity index (χ4v) is 3.83. The van der Waals surface area contributed by atoms with Gasteiger partial charge in [0.2, 0.25) is 5.91 Å². The minimum atomic E-state index is -0.240. The molecule has 138 valence electrons. The fraction of sp³-hybridized carbons (Fsp3) is 0.250. The van der Waals surface area contributed by atoms with Crippen molar-refractivity contribution in [3.63, 3.8) is 0 Å². The van der Waals surface area contributed by atoms with Crippen molar-refractivity contribution >= 4 is 23.4 Å². The Balaban J connectivity index is 1.65. The van der Waals surface area contributed by atoms with Crippen molar-refractivity contribution in [2.24, 2.45) is 0 Å². The van der Waals surface area contributed by atoms with Crippen molar-refractivity contribution in [2.75, 3.05) is 5.32 Å². The number of hydrogen-bond donors (Lipinski definition) is 1. The number of hydrogen-bond acceptors (Lipinski definition) is 4. The van der Waals surface area contributed by atoms with Crippen molar-refractivity contribution in [1.29, 1.82) is 0 Å². The summed E-state index contributed by atoms with van der Waals surface area (Å²) in [6.07, 6.45) is 2.22. The molecule has 1 aliphatic carbocycles. The number of carbonyl (C=O) groups excluding carboxylic acids is 1. The second-order valence-electron chi connectivity index (χ2n) is 6.60. The predicted octanol–water partition coefficient (Wildman–Crippen LogP) is 4.53. The largest absolute Gasteiger partial charge is 0.326 e. The lowest BCUT2D eigenvalue weighted by atomic mass is 10.2. The van der Waals surface area contributed by atoms with E-state index in [9.17, 15) is 9.18 Å². The minimum Gasteiger partial charge on any atom is -0.326 e. The molecule has 1 fully saturated rings. The third-order valence-corrected chi connectivity index (χ3v) is 5.28. The maximum absolute atomic E-state index is 13.4. The van der Waals surface area contributed by atoms with Crippen LogP contribution in [0.15, 0.2) is 53.7 Å².